The Balaban J connectivity index is 1.21. The Labute approximate surface area is 225 Å². The summed E-state index contributed by atoms with van der Waals surface area (Å²) < 4.78 is 15.0. The Hall–Kier alpha value is -5.00. The van der Waals surface area contributed by atoms with Gasteiger partial charge in [0.25, 0.3) is 0 Å². The molecule has 9 rings (SSSR count). The van der Waals surface area contributed by atoms with Gasteiger partial charge in [0.2, 0.25) is 0 Å². The van der Waals surface area contributed by atoms with Crippen molar-refractivity contribution in [3.8, 4) is 22.3 Å². The third-order valence-corrected chi connectivity index (χ3v) is 8.73. The molecule has 0 aliphatic rings. The first kappa shape index (κ1) is 21.0. The minimum absolute atomic E-state index is 0.828. The lowest BCUT2D eigenvalue weighted by Gasteiger charge is -2.03. The molecule has 5 heterocycles. The number of nitrogens with zero attached hydrogens (tertiary/aromatic N) is 2. The van der Waals surface area contributed by atoms with Gasteiger partial charge < -0.3 is 8.83 Å². The SMILES string of the molecule is c1ccc2c(c1)oc1c(-c3ccc4c(c3)sc3cc(-c5ccnc6c5oc5ccccc56)ccc34)ccnc12. The van der Waals surface area contributed by atoms with Gasteiger partial charge in [0, 0.05) is 54.5 Å². The maximum absolute atomic E-state index is 6.26. The van der Waals surface area contributed by atoms with E-state index >= 15 is 0 Å². The highest BCUT2D eigenvalue weighted by Crippen LogP contribution is 2.41. The largest absolute Gasteiger partial charge is 0.454 e. The third-order valence-electron chi connectivity index (χ3n) is 7.61. The van der Waals surface area contributed by atoms with Gasteiger partial charge in [-0.25, -0.2) is 0 Å². The second-order valence-electron chi connectivity index (χ2n) is 9.79. The normalized spacial score (nSPS) is 12.1. The highest BCUT2D eigenvalue weighted by Gasteiger charge is 2.16. The molecule has 0 saturated heterocycles. The Kier molecular flexibility index (Phi) is 4.18. The molecule has 0 aliphatic heterocycles. The number of aromatic nitrogens is 2. The fourth-order valence-corrected chi connectivity index (χ4v) is 6.96. The van der Waals surface area contributed by atoms with Gasteiger partial charge in [-0.15, -0.1) is 11.3 Å². The Morgan fingerprint density at radius 3 is 1.49 bits per heavy atom. The fourth-order valence-electron chi connectivity index (χ4n) is 5.78. The van der Waals surface area contributed by atoms with E-state index in [9.17, 15) is 0 Å². The zero-order valence-corrected chi connectivity index (χ0v) is 21.3. The van der Waals surface area contributed by atoms with Gasteiger partial charge in [-0.3, -0.25) is 9.97 Å². The molecule has 182 valence electrons. The molecular formula is C34H18N2O2S. The van der Waals surface area contributed by atoms with Gasteiger partial charge >= 0.3 is 0 Å². The van der Waals surface area contributed by atoms with E-state index in [-0.39, 0.29) is 0 Å². The number of hydrogen-bond donors (Lipinski definition) is 0. The van der Waals surface area contributed by atoms with Crippen molar-refractivity contribution in [2.75, 3.05) is 0 Å². The van der Waals surface area contributed by atoms with Crippen LogP contribution in [0.1, 0.15) is 0 Å². The predicted octanol–water partition coefficient (Wildman–Crippen LogP) is 9.98. The van der Waals surface area contributed by atoms with Gasteiger partial charge in [-0.2, -0.15) is 0 Å². The van der Waals surface area contributed by atoms with Gasteiger partial charge in [-0.05, 0) is 59.7 Å². The molecule has 4 aromatic carbocycles. The number of para-hydroxylation sites is 2. The topological polar surface area (TPSA) is 52.1 Å². The summed E-state index contributed by atoms with van der Waals surface area (Å²) in [7, 11) is 0. The van der Waals surface area contributed by atoms with Crippen LogP contribution in [0.2, 0.25) is 0 Å². The van der Waals surface area contributed by atoms with E-state index < -0.39 is 0 Å². The molecule has 0 bridgehead atoms. The van der Waals surface area contributed by atoms with Crippen molar-refractivity contribution in [2.45, 2.75) is 0 Å². The number of rotatable bonds is 2. The van der Waals surface area contributed by atoms with E-state index in [2.05, 4.69) is 58.5 Å². The zero-order valence-electron chi connectivity index (χ0n) is 20.5. The van der Waals surface area contributed by atoms with Gasteiger partial charge in [0.1, 0.15) is 22.2 Å². The van der Waals surface area contributed by atoms with Crippen LogP contribution in [0.4, 0.5) is 0 Å². The van der Waals surface area contributed by atoms with Gasteiger partial charge in [0.15, 0.2) is 11.2 Å². The third kappa shape index (κ3) is 2.99. The van der Waals surface area contributed by atoms with Crippen molar-refractivity contribution in [1.82, 2.24) is 9.97 Å². The molecule has 0 atom stereocenters. The molecule has 0 fully saturated rings. The maximum Gasteiger partial charge on any atom is 0.161 e. The number of hydrogen-bond acceptors (Lipinski definition) is 5. The smallest absolute Gasteiger partial charge is 0.161 e. The summed E-state index contributed by atoms with van der Waals surface area (Å²) in [5, 5.41) is 4.59. The molecule has 0 saturated carbocycles. The lowest BCUT2D eigenvalue weighted by atomic mass is 10.0. The number of benzene rings is 4. The molecule has 0 aliphatic carbocycles. The van der Waals surface area contributed by atoms with E-state index in [4.69, 9.17) is 8.83 Å². The monoisotopic (exact) mass is 518 g/mol. The number of pyridine rings is 2. The van der Waals surface area contributed by atoms with E-state index in [1.807, 2.05) is 72.3 Å². The zero-order chi connectivity index (χ0) is 25.5. The lowest BCUT2D eigenvalue weighted by Crippen LogP contribution is -1.82. The molecule has 4 nitrogen and oxygen atoms in total. The van der Waals surface area contributed by atoms with Crippen LogP contribution in [0.15, 0.2) is 118 Å². The van der Waals surface area contributed by atoms with Crippen molar-refractivity contribution in [3.05, 3.63) is 109 Å². The Morgan fingerprint density at radius 2 is 0.974 bits per heavy atom. The van der Waals surface area contributed by atoms with Crippen molar-refractivity contribution >= 4 is 75.6 Å². The van der Waals surface area contributed by atoms with Crippen LogP contribution in [0.3, 0.4) is 0 Å². The quantitative estimate of drug-likeness (QED) is 0.228. The summed E-state index contributed by atoms with van der Waals surface area (Å²) in [5.74, 6) is 0. The summed E-state index contributed by atoms with van der Waals surface area (Å²) in [6.07, 6.45) is 3.74. The fraction of sp³-hybridized carbons (Fsp3) is 0. The maximum atomic E-state index is 6.26. The molecular weight excluding hydrogens is 500 g/mol. The average molecular weight is 519 g/mol. The summed E-state index contributed by atoms with van der Waals surface area (Å²) in [6.45, 7) is 0. The van der Waals surface area contributed by atoms with Crippen molar-refractivity contribution in [3.63, 3.8) is 0 Å². The van der Waals surface area contributed by atoms with Crippen molar-refractivity contribution in [1.29, 1.82) is 0 Å². The summed E-state index contributed by atoms with van der Waals surface area (Å²) in [4.78, 5) is 9.25. The Bertz CT molecular complexity index is 2240. The number of furan rings is 2. The van der Waals surface area contributed by atoms with E-state index in [1.165, 1.54) is 20.2 Å². The van der Waals surface area contributed by atoms with Crippen LogP contribution in [-0.2, 0) is 0 Å². The van der Waals surface area contributed by atoms with Crippen molar-refractivity contribution < 1.29 is 8.83 Å². The Morgan fingerprint density at radius 1 is 0.487 bits per heavy atom. The summed E-state index contributed by atoms with van der Waals surface area (Å²) in [6, 6.07) is 33.6. The first-order valence-corrected chi connectivity index (χ1v) is 13.6. The number of fused-ring (bicyclic) bond motifs is 9. The minimum Gasteiger partial charge on any atom is -0.454 e. The van der Waals surface area contributed by atoms with Crippen LogP contribution in [0.5, 0.6) is 0 Å². The van der Waals surface area contributed by atoms with Crippen LogP contribution in [0, 0.1) is 0 Å². The minimum atomic E-state index is 0.828. The standard InChI is InChI=1S/C34H18N2O2S/c1-3-7-27-25(5-1)31-33(37-27)21(13-15-35-31)19-9-11-23-24-12-10-20(18-30(24)39-29(23)17-19)22-14-16-36-32-26-6-2-4-8-28(26)38-34(22)32/h1-18H. The van der Waals surface area contributed by atoms with E-state index in [1.54, 1.807) is 0 Å². The molecule has 39 heavy (non-hydrogen) atoms. The van der Waals surface area contributed by atoms with Crippen LogP contribution in [0.25, 0.3) is 86.6 Å². The van der Waals surface area contributed by atoms with Gasteiger partial charge in [-0.1, -0.05) is 48.5 Å². The van der Waals surface area contributed by atoms with E-state index in [0.29, 0.717) is 0 Å². The molecule has 0 amide bonds. The molecule has 0 N–H and O–H groups in total. The first-order chi connectivity index (χ1) is 19.3. The predicted molar refractivity (Wildman–Crippen MR) is 160 cm³/mol. The lowest BCUT2D eigenvalue weighted by molar-refractivity contribution is 0.669. The second-order valence-corrected chi connectivity index (χ2v) is 10.9. The summed E-state index contributed by atoms with van der Waals surface area (Å²) in [5.41, 5.74) is 9.54. The van der Waals surface area contributed by atoms with Crippen LogP contribution < -0.4 is 0 Å². The van der Waals surface area contributed by atoms with Crippen LogP contribution >= 0.6 is 11.3 Å². The molecule has 0 spiro atoms. The highest BCUT2D eigenvalue weighted by molar-refractivity contribution is 7.25. The molecule has 0 unspecified atom stereocenters. The first-order valence-electron chi connectivity index (χ1n) is 12.8. The average Bonchev–Trinajstić information content (AvgIpc) is 3.67. The molecule has 5 heteroatoms. The highest BCUT2D eigenvalue weighted by atomic mass is 32.1. The van der Waals surface area contributed by atoms with Crippen molar-refractivity contribution in [2.24, 2.45) is 0 Å². The van der Waals surface area contributed by atoms with Crippen LogP contribution in [-0.4, -0.2) is 9.97 Å². The molecule has 0 radical (unpaired) electrons. The number of thiophene rings is 1. The summed E-state index contributed by atoms with van der Waals surface area (Å²) >= 11 is 1.81. The van der Waals surface area contributed by atoms with E-state index in [0.717, 1.165) is 66.4 Å². The molecule has 5 aromatic heterocycles. The second kappa shape index (κ2) is 7.76. The van der Waals surface area contributed by atoms with Gasteiger partial charge in [0.05, 0.1) is 0 Å². The molecule has 9 aromatic rings.